The highest BCUT2D eigenvalue weighted by atomic mass is 16.1. The Bertz CT molecular complexity index is 264. The Balaban J connectivity index is 2.20. The van der Waals surface area contributed by atoms with Crippen molar-refractivity contribution in [1.29, 1.82) is 0 Å². The van der Waals surface area contributed by atoms with Gasteiger partial charge in [0.15, 0.2) is 0 Å². The van der Waals surface area contributed by atoms with Crippen molar-refractivity contribution >= 4 is 5.91 Å². The molecule has 0 aliphatic heterocycles. The summed E-state index contributed by atoms with van der Waals surface area (Å²) in [6.07, 6.45) is 4.91. The van der Waals surface area contributed by atoms with Gasteiger partial charge in [0.1, 0.15) is 0 Å². The molecule has 1 rings (SSSR count). The van der Waals surface area contributed by atoms with Crippen molar-refractivity contribution in [2.45, 2.75) is 72.4 Å². The first-order chi connectivity index (χ1) is 8.30. The van der Waals surface area contributed by atoms with E-state index in [2.05, 4.69) is 45.3 Å². The van der Waals surface area contributed by atoms with Crippen LogP contribution in [0.2, 0.25) is 0 Å². The van der Waals surface area contributed by atoms with E-state index in [9.17, 15) is 4.79 Å². The molecule has 1 aliphatic rings. The zero-order valence-corrected chi connectivity index (χ0v) is 12.7. The third-order valence-electron chi connectivity index (χ3n) is 4.28. The van der Waals surface area contributed by atoms with E-state index in [4.69, 9.17) is 0 Å². The summed E-state index contributed by atoms with van der Waals surface area (Å²) in [5.74, 6) is 0.616. The smallest absolute Gasteiger partial charge is 0.234 e. The monoisotopic (exact) mass is 254 g/mol. The molecule has 0 radical (unpaired) electrons. The Kier molecular flexibility index (Phi) is 5.64. The van der Waals surface area contributed by atoms with E-state index in [1.807, 2.05) is 0 Å². The van der Waals surface area contributed by atoms with Crippen molar-refractivity contribution in [3.63, 3.8) is 0 Å². The van der Waals surface area contributed by atoms with Gasteiger partial charge in [0.2, 0.25) is 5.91 Å². The zero-order valence-electron chi connectivity index (χ0n) is 12.7. The summed E-state index contributed by atoms with van der Waals surface area (Å²) >= 11 is 0. The van der Waals surface area contributed by atoms with Gasteiger partial charge < -0.3 is 10.6 Å². The van der Waals surface area contributed by atoms with Crippen LogP contribution >= 0.6 is 0 Å². The van der Waals surface area contributed by atoms with Gasteiger partial charge in [-0.1, -0.05) is 27.7 Å². The van der Waals surface area contributed by atoms with Crippen LogP contribution in [0.25, 0.3) is 0 Å². The summed E-state index contributed by atoms with van der Waals surface area (Å²) in [5, 5.41) is 6.43. The van der Waals surface area contributed by atoms with Gasteiger partial charge in [0, 0.05) is 12.1 Å². The predicted octanol–water partition coefficient (Wildman–Crippen LogP) is 2.71. The first-order valence-corrected chi connectivity index (χ1v) is 7.33. The highest BCUT2D eigenvalue weighted by Crippen LogP contribution is 2.34. The van der Waals surface area contributed by atoms with Crippen molar-refractivity contribution in [3.05, 3.63) is 0 Å². The van der Waals surface area contributed by atoms with E-state index >= 15 is 0 Å². The Morgan fingerprint density at radius 3 is 2.28 bits per heavy atom. The number of hydrogen-bond acceptors (Lipinski definition) is 2. The second kappa shape index (κ2) is 6.55. The molecule has 1 aliphatic carbocycles. The van der Waals surface area contributed by atoms with Crippen LogP contribution in [0.4, 0.5) is 0 Å². The first kappa shape index (κ1) is 15.5. The molecule has 0 spiro atoms. The highest BCUT2D eigenvalue weighted by Gasteiger charge is 2.26. The molecule has 1 saturated carbocycles. The summed E-state index contributed by atoms with van der Waals surface area (Å²) in [6.45, 7) is 11.4. The number of rotatable bonds is 5. The zero-order chi connectivity index (χ0) is 13.8. The second-order valence-corrected chi connectivity index (χ2v) is 6.92. The maximum atomic E-state index is 11.8. The van der Waals surface area contributed by atoms with Crippen LogP contribution in [-0.2, 0) is 4.79 Å². The molecular formula is C15H30N2O. The molecule has 0 bridgehead atoms. The number of amides is 1. The van der Waals surface area contributed by atoms with Gasteiger partial charge in [-0.25, -0.2) is 0 Å². The van der Waals surface area contributed by atoms with E-state index in [-0.39, 0.29) is 11.9 Å². The number of carbonyl (C=O) groups excluding carboxylic acids is 1. The molecule has 3 heteroatoms. The minimum atomic E-state index is 0.126. The van der Waals surface area contributed by atoms with Crippen molar-refractivity contribution in [1.82, 2.24) is 10.6 Å². The normalized spacial score (nSPS) is 21.9. The van der Waals surface area contributed by atoms with Crippen LogP contribution in [0, 0.1) is 11.3 Å². The SMILES string of the molecule is CC(C)C(C)NC(=O)CNC1CCC(C)(C)CC1. The number of nitrogens with one attached hydrogen (secondary N) is 2. The minimum absolute atomic E-state index is 0.126. The maximum absolute atomic E-state index is 11.8. The van der Waals surface area contributed by atoms with Crippen LogP contribution in [0.1, 0.15) is 60.3 Å². The quantitative estimate of drug-likeness (QED) is 0.792. The molecule has 0 aromatic rings. The van der Waals surface area contributed by atoms with Crippen LogP contribution < -0.4 is 10.6 Å². The Labute approximate surface area is 112 Å². The first-order valence-electron chi connectivity index (χ1n) is 7.33. The molecule has 0 aromatic carbocycles. The molecule has 1 fully saturated rings. The van der Waals surface area contributed by atoms with Crippen molar-refractivity contribution in [2.75, 3.05) is 6.54 Å². The van der Waals surface area contributed by atoms with Crippen molar-refractivity contribution < 1.29 is 4.79 Å². The fourth-order valence-corrected chi connectivity index (χ4v) is 2.31. The Hall–Kier alpha value is -0.570. The van der Waals surface area contributed by atoms with Crippen molar-refractivity contribution in [3.8, 4) is 0 Å². The molecule has 0 aromatic heterocycles. The molecule has 106 valence electrons. The Morgan fingerprint density at radius 2 is 1.78 bits per heavy atom. The molecule has 2 N–H and O–H groups in total. The van der Waals surface area contributed by atoms with E-state index in [0.717, 1.165) is 0 Å². The van der Waals surface area contributed by atoms with Gasteiger partial charge in [-0.15, -0.1) is 0 Å². The third kappa shape index (κ3) is 5.38. The van der Waals surface area contributed by atoms with Gasteiger partial charge in [0.05, 0.1) is 6.54 Å². The average molecular weight is 254 g/mol. The molecule has 3 nitrogen and oxygen atoms in total. The van der Waals surface area contributed by atoms with Crippen molar-refractivity contribution in [2.24, 2.45) is 11.3 Å². The van der Waals surface area contributed by atoms with E-state index < -0.39 is 0 Å². The second-order valence-electron chi connectivity index (χ2n) is 6.92. The highest BCUT2D eigenvalue weighted by molar-refractivity contribution is 5.78. The summed E-state index contributed by atoms with van der Waals surface area (Å²) in [4.78, 5) is 11.8. The largest absolute Gasteiger partial charge is 0.352 e. The van der Waals surface area contributed by atoms with Crippen LogP contribution in [0.15, 0.2) is 0 Å². The van der Waals surface area contributed by atoms with Gasteiger partial charge in [-0.05, 0) is 43.9 Å². The Morgan fingerprint density at radius 1 is 1.22 bits per heavy atom. The molecule has 18 heavy (non-hydrogen) atoms. The standard InChI is InChI=1S/C15H30N2O/c1-11(2)12(3)17-14(18)10-16-13-6-8-15(4,5)9-7-13/h11-13,16H,6-10H2,1-5H3,(H,17,18). The summed E-state index contributed by atoms with van der Waals surface area (Å²) in [7, 11) is 0. The minimum Gasteiger partial charge on any atom is -0.352 e. The van der Waals surface area contributed by atoms with Gasteiger partial charge in [-0.3, -0.25) is 4.79 Å². The van der Waals surface area contributed by atoms with Crippen LogP contribution in [0.5, 0.6) is 0 Å². The fourth-order valence-electron chi connectivity index (χ4n) is 2.31. The van der Waals surface area contributed by atoms with Gasteiger partial charge >= 0.3 is 0 Å². The molecule has 1 amide bonds. The molecule has 0 saturated heterocycles. The lowest BCUT2D eigenvalue weighted by atomic mass is 9.75. The van der Waals surface area contributed by atoms with E-state index in [0.29, 0.717) is 23.9 Å². The average Bonchev–Trinajstić information content (AvgIpc) is 2.27. The van der Waals surface area contributed by atoms with Crippen LogP contribution in [0.3, 0.4) is 0 Å². The van der Waals surface area contributed by atoms with Crippen LogP contribution in [-0.4, -0.2) is 24.5 Å². The van der Waals surface area contributed by atoms with Gasteiger partial charge in [0.25, 0.3) is 0 Å². The maximum Gasteiger partial charge on any atom is 0.234 e. The molecular weight excluding hydrogens is 224 g/mol. The summed E-state index contributed by atoms with van der Waals surface area (Å²) < 4.78 is 0. The summed E-state index contributed by atoms with van der Waals surface area (Å²) in [6, 6.07) is 0.780. The molecule has 1 unspecified atom stereocenters. The molecule has 0 heterocycles. The lowest BCUT2D eigenvalue weighted by molar-refractivity contribution is -0.121. The lowest BCUT2D eigenvalue weighted by Gasteiger charge is -2.34. The number of carbonyl (C=O) groups is 1. The third-order valence-corrected chi connectivity index (χ3v) is 4.28. The number of hydrogen-bond donors (Lipinski definition) is 2. The summed E-state index contributed by atoms with van der Waals surface area (Å²) in [5.41, 5.74) is 0.493. The van der Waals surface area contributed by atoms with E-state index in [1.54, 1.807) is 0 Å². The molecule has 1 atom stereocenters. The van der Waals surface area contributed by atoms with Gasteiger partial charge in [-0.2, -0.15) is 0 Å². The topological polar surface area (TPSA) is 41.1 Å². The van der Waals surface area contributed by atoms with E-state index in [1.165, 1.54) is 25.7 Å². The lowest BCUT2D eigenvalue weighted by Crippen LogP contribution is -2.45. The predicted molar refractivity (Wildman–Crippen MR) is 76.5 cm³/mol. The fraction of sp³-hybridized carbons (Fsp3) is 0.933.